The van der Waals surface area contributed by atoms with Crippen LogP contribution in [-0.4, -0.2) is 53.0 Å². The quantitative estimate of drug-likeness (QED) is 0.664. The van der Waals surface area contributed by atoms with Gasteiger partial charge in [-0.25, -0.2) is 9.67 Å². The molecular weight excluding hydrogens is 218 g/mol. The van der Waals surface area contributed by atoms with E-state index in [1.165, 1.54) is 0 Å². The lowest BCUT2D eigenvalue weighted by molar-refractivity contribution is 0.141. The van der Waals surface area contributed by atoms with Gasteiger partial charge in [-0.1, -0.05) is 0 Å². The number of rotatable bonds is 9. The number of hydrogen-bond acceptors (Lipinski definition) is 5. The van der Waals surface area contributed by atoms with Crippen molar-refractivity contribution in [2.24, 2.45) is 5.73 Å². The Morgan fingerprint density at radius 2 is 2.29 bits per heavy atom. The molecule has 1 rings (SSSR count). The van der Waals surface area contributed by atoms with Crippen molar-refractivity contribution in [3.8, 4) is 0 Å². The van der Waals surface area contributed by atoms with E-state index in [2.05, 4.69) is 21.9 Å². The third-order valence-corrected chi connectivity index (χ3v) is 2.65. The highest BCUT2D eigenvalue weighted by Crippen LogP contribution is 2.02. The standard InChI is InChI=1S/C11H23N5O/c1-3-16-11(13-10-14-16)9-15(6-4-5-12)7-8-17-2/h10H,3-9,12H2,1-2H3. The van der Waals surface area contributed by atoms with E-state index in [-0.39, 0.29) is 0 Å². The number of nitrogens with two attached hydrogens (primary N) is 1. The second-order valence-electron chi connectivity index (χ2n) is 3.90. The molecule has 17 heavy (non-hydrogen) atoms. The molecule has 0 aliphatic carbocycles. The molecule has 6 heteroatoms. The van der Waals surface area contributed by atoms with Crippen LogP contribution in [0.2, 0.25) is 0 Å². The van der Waals surface area contributed by atoms with Gasteiger partial charge < -0.3 is 10.5 Å². The Morgan fingerprint density at radius 1 is 1.47 bits per heavy atom. The molecule has 0 aliphatic rings. The van der Waals surface area contributed by atoms with E-state index >= 15 is 0 Å². The van der Waals surface area contributed by atoms with Gasteiger partial charge in [-0.15, -0.1) is 0 Å². The van der Waals surface area contributed by atoms with Crippen molar-refractivity contribution in [2.45, 2.75) is 26.4 Å². The van der Waals surface area contributed by atoms with Gasteiger partial charge in [-0.3, -0.25) is 4.90 Å². The number of hydrogen-bond donors (Lipinski definition) is 1. The third-order valence-electron chi connectivity index (χ3n) is 2.65. The van der Waals surface area contributed by atoms with E-state index < -0.39 is 0 Å². The lowest BCUT2D eigenvalue weighted by atomic mass is 10.3. The molecule has 0 saturated carbocycles. The second kappa shape index (κ2) is 8.16. The second-order valence-corrected chi connectivity index (χ2v) is 3.90. The number of aryl methyl sites for hydroxylation is 1. The van der Waals surface area contributed by atoms with Crippen LogP contribution in [0.15, 0.2) is 6.33 Å². The van der Waals surface area contributed by atoms with Gasteiger partial charge in [0.25, 0.3) is 0 Å². The number of ether oxygens (including phenoxy) is 1. The van der Waals surface area contributed by atoms with Crippen LogP contribution < -0.4 is 5.73 Å². The average molecular weight is 241 g/mol. The Hall–Kier alpha value is -0.980. The largest absolute Gasteiger partial charge is 0.383 e. The predicted octanol–water partition coefficient (Wildman–Crippen LogP) is 0.0952. The van der Waals surface area contributed by atoms with Crippen LogP contribution in [0.4, 0.5) is 0 Å². The SMILES string of the molecule is CCn1ncnc1CN(CCCN)CCOC. The lowest BCUT2D eigenvalue weighted by Crippen LogP contribution is -2.30. The van der Waals surface area contributed by atoms with Gasteiger partial charge in [0.15, 0.2) is 0 Å². The van der Waals surface area contributed by atoms with Gasteiger partial charge in [0.05, 0.1) is 13.2 Å². The minimum atomic E-state index is 0.712. The fourth-order valence-electron chi connectivity index (χ4n) is 1.68. The minimum Gasteiger partial charge on any atom is -0.383 e. The van der Waals surface area contributed by atoms with Gasteiger partial charge in [0.1, 0.15) is 12.2 Å². The normalized spacial score (nSPS) is 11.3. The molecule has 0 bridgehead atoms. The predicted molar refractivity (Wildman–Crippen MR) is 66.5 cm³/mol. The zero-order valence-electron chi connectivity index (χ0n) is 10.8. The van der Waals surface area contributed by atoms with Gasteiger partial charge in [-0.2, -0.15) is 5.10 Å². The molecular formula is C11H23N5O. The van der Waals surface area contributed by atoms with Crippen LogP contribution in [0.1, 0.15) is 19.2 Å². The van der Waals surface area contributed by atoms with Crippen LogP contribution in [-0.2, 0) is 17.8 Å². The summed E-state index contributed by atoms with van der Waals surface area (Å²) in [6.07, 6.45) is 2.60. The molecule has 1 aromatic rings. The Labute approximate surface area is 103 Å². The number of nitrogens with zero attached hydrogens (tertiary/aromatic N) is 4. The van der Waals surface area contributed by atoms with Crippen molar-refractivity contribution < 1.29 is 4.74 Å². The van der Waals surface area contributed by atoms with Crippen molar-refractivity contribution in [2.75, 3.05) is 33.4 Å². The maximum atomic E-state index is 5.54. The van der Waals surface area contributed by atoms with E-state index in [1.54, 1.807) is 13.4 Å². The fourth-order valence-corrected chi connectivity index (χ4v) is 1.68. The molecule has 1 heterocycles. The van der Waals surface area contributed by atoms with E-state index in [0.717, 1.165) is 45.0 Å². The molecule has 0 radical (unpaired) electrons. The molecule has 2 N–H and O–H groups in total. The Morgan fingerprint density at radius 3 is 2.94 bits per heavy atom. The highest BCUT2D eigenvalue weighted by Gasteiger charge is 2.09. The van der Waals surface area contributed by atoms with Crippen LogP contribution in [0.5, 0.6) is 0 Å². The lowest BCUT2D eigenvalue weighted by Gasteiger charge is -2.21. The zero-order valence-corrected chi connectivity index (χ0v) is 10.8. The van der Waals surface area contributed by atoms with Crippen molar-refractivity contribution in [3.05, 3.63) is 12.2 Å². The first kappa shape index (κ1) is 14.1. The summed E-state index contributed by atoms with van der Waals surface area (Å²) in [6.45, 7) is 7.03. The molecule has 0 atom stereocenters. The van der Waals surface area contributed by atoms with Crippen LogP contribution in [0.25, 0.3) is 0 Å². The highest BCUT2D eigenvalue weighted by molar-refractivity contribution is 4.84. The maximum Gasteiger partial charge on any atom is 0.140 e. The molecule has 0 amide bonds. The highest BCUT2D eigenvalue weighted by atomic mass is 16.5. The van der Waals surface area contributed by atoms with Gasteiger partial charge in [0, 0.05) is 20.2 Å². The van der Waals surface area contributed by atoms with E-state index in [9.17, 15) is 0 Å². The molecule has 0 saturated heterocycles. The van der Waals surface area contributed by atoms with E-state index in [4.69, 9.17) is 10.5 Å². The summed E-state index contributed by atoms with van der Waals surface area (Å²) in [7, 11) is 1.72. The van der Waals surface area contributed by atoms with Crippen molar-refractivity contribution in [3.63, 3.8) is 0 Å². The molecule has 0 fully saturated rings. The van der Waals surface area contributed by atoms with E-state index in [1.807, 2.05) is 4.68 Å². The zero-order chi connectivity index (χ0) is 12.5. The first-order chi connectivity index (χ1) is 8.31. The molecule has 0 aliphatic heterocycles. The smallest absolute Gasteiger partial charge is 0.140 e. The molecule has 98 valence electrons. The molecule has 0 unspecified atom stereocenters. The molecule has 0 spiro atoms. The molecule has 0 aromatic carbocycles. The third kappa shape index (κ3) is 4.80. The Balaban J connectivity index is 2.51. The summed E-state index contributed by atoms with van der Waals surface area (Å²) in [5.74, 6) is 1.00. The fraction of sp³-hybridized carbons (Fsp3) is 0.818. The Bertz CT molecular complexity index is 294. The van der Waals surface area contributed by atoms with Gasteiger partial charge >= 0.3 is 0 Å². The Kier molecular flexibility index (Phi) is 6.76. The maximum absolute atomic E-state index is 5.54. The molecule has 1 aromatic heterocycles. The summed E-state index contributed by atoms with van der Waals surface area (Å²) in [6, 6.07) is 0. The monoisotopic (exact) mass is 241 g/mol. The summed E-state index contributed by atoms with van der Waals surface area (Å²) in [5.41, 5.74) is 5.54. The summed E-state index contributed by atoms with van der Waals surface area (Å²) >= 11 is 0. The first-order valence-corrected chi connectivity index (χ1v) is 6.09. The number of aromatic nitrogens is 3. The minimum absolute atomic E-state index is 0.712. The van der Waals surface area contributed by atoms with E-state index in [0.29, 0.717) is 6.54 Å². The van der Waals surface area contributed by atoms with Gasteiger partial charge in [-0.05, 0) is 26.4 Å². The van der Waals surface area contributed by atoms with Crippen molar-refractivity contribution >= 4 is 0 Å². The van der Waals surface area contributed by atoms with Crippen LogP contribution in [0, 0.1) is 0 Å². The van der Waals surface area contributed by atoms with Gasteiger partial charge in [0.2, 0.25) is 0 Å². The average Bonchev–Trinajstić information content (AvgIpc) is 2.79. The van der Waals surface area contributed by atoms with Crippen LogP contribution in [0.3, 0.4) is 0 Å². The summed E-state index contributed by atoms with van der Waals surface area (Å²) in [4.78, 5) is 6.58. The summed E-state index contributed by atoms with van der Waals surface area (Å²) < 4.78 is 7.03. The number of methoxy groups -OCH3 is 1. The topological polar surface area (TPSA) is 69.2 Å². The first-order valence-electron chi connectivity index (χ1n) is 6.09. The summed E-state index contributed by atoms with van der Waals surface area (Å²) in [5, 5.41) is 4.17. The molecule has 6 nitrogen and oxygen atoms in total. The van der Waals surface area contributed by atoms with Crippen LogP contribution >= 0.6 is 0 Å². The van der Waals surface area contributed by atoms with Crippen molar-refractivity contribution in [1.82, 2.24) is 19.7 Å². The van der Waals surface area contributed by atoms with Crippen molar-refractivity contribution in [1.29, 1.82) is 0 Å².